The summed E-state index contributed by atoms with van der Waals surface area (Å²) in [7, 11) is 0.196. The highest BCUT2D eigenvalue weighted by molar-refractivity contribution is 7.89. The molecular formula is C21H28N3O4S+. The lowest BCUT2D eigenvalue weighted by molar-refractivity contribution is -0.883. The predicted octanol–water partition coefficient (Wildman–Crippen LogP) is 0.786. The zero-order chi connectivity index (χ0) is 20.9. The van der Waals surface area contributed by atoms with Crippen LogP contribution in [0.1, 0.15) is 12.0 Å². The normalized spacial score (nSPS) is 15.8. The van der Waals surface area contributed by atoms with Crippen LogP contribution in [-0.4, -0.2) is 59.0 Å². The van der Waals surface area contributed by atoms with Crippen LogP contribution in [0.25, 0.3) is 0 Å². The number of carbonyl (C=O) groups is 1. The van der Waals surface area contributed by atoms with E-state index in [0.29, 0.717) is 31.6 Å². The molecule has 0 aliphatic carbocycles. The molecule has 0 bridgehead atoms. The van der Waals surface area contributed by atoms with Crippen molar-refractivity contribution in [2.45, 2.75) is 17.7 Å². The Morgan fingerprint density at radius 2 is 1.69 bits per heavy atom. The van der Waals surface area contributed by atoms with Crippen LogP contribution in [0, 0.1) is 0 Å². The summed E-state index contributed by atoms with van der Waals surface area (Å²) in [6.45, 7) is 2.67. The van der Waals surface area contributed by atoms with E-state index in [0.717, 1.165) is 24.4 Å². The number of hydrogen-bond acceptors (Lipinski definition) is 4. The van der Waals surface area contributed by atoms with Gasteiger partial charge in [0.1, 0.15) is 5.75 Å². The number of quaternary nitrogens is 1. The summed E-state index contributed by atoms with van der Waals surface area (Å²) in [4.78, 5) is 13.8. The van der Waals surface area contributed by atoms with Crippen LogP contribution < -0.4 is 15.0 Å². The SMILES string of the molecule is COc1ccc(CCC(=O)Nc2ccc(S(=O)(=O)N3CC[NH+](C)CC3)cc2)cc1. The van der Waals surface area contributed by atoms with Gasteiger partial charge in [-0.15, -0.1) is 0 Å². The van der Waals surface area contributed by atoms with E-state index in [4.69, 9.17) is 4.74 Å². The third-order valence-corrected chi connectivity index (χ3v) is 7.06. The molecule has 1 aliphatic heterocycles. The van der Waals surface area contributed by atoms with Crippen molar-refractivity contribution in [3.05, 3.63) is 54.1 Å². The topological polar surface area (TPSA) is 80.1 Å². The van der Waals surface area contributed by atoms with Crippen LogP contribution >= 0.6 is 0 Å². The van der Waals surface area contributed by atoms with Gasteiger partial charge in [0, 0.05) is 12.1 Å². The highest BCUT2D eigenvalue weighted by Crippen LogP contribution is 2.19. The molecule has 0 saturated carbocycles. The van der Waals surface area contributed by atoms with Crippen molar-refractivity contribution in [1.82, 2.24) is 4.31 Å². The fourth-order valence-corrected chi connectivity index (χ4v) is 4.68. The number of nitrogens with zero attached hydrogens (tertiary/aromatic N) is 1. The Hall–Kier alpha value is -2.42. The molecule has 0 aromatic heterocycles. The van der Waals surface area contributed by atoms with Gasteiger partial charge in [0.2, 0.25) is 15.9 Å². The van der Waals surface area contributed by atoms with Gasteiger partial charge < -0.3 is 15.0 Å². The average Bonchev–Trinajstić information content (AvgIpc) is 2.73. The molecule has 2 N–H and O–H groups in total. The van der Waals surface area contributed by atoms with Gasteiger partial charge in [-0.3, -0.25) is 4.79 Å². The minimum atomic E-state index is -3.49. The minimum absolute atomic E-state index is 0.113. The Kier molecular flexibility index (Phi) is 6.89. The number of ether oxygens (including phenoxy) is 1. The van der Waals surface area contributed by atoms with Crippen LogP contribution in [0.15, 0.2) is 53.4 Å². The van der Waals surface area contributed by atoms with Crippen molar-refractivity contribution >= 4 is 21.6 Å². The molecule has 1 fully saturated rings. The second kappa shape index (κ2) is 9.39. The van der Waals surface area contributed by atoms with Gasteiger partial charge in [0.05, 0.1) is 45.2 Å². The van der Waals surface area contributed by atoms with E-state index in [1.165, 1.54) is 9.21 Å². The molecular weight excluding hydrogens is 390 g/mol. The Bertz CT molecular complexity index is 919. The van der Waals surface area contributed by atoms with E-state index in [-0.39, 0.29) is 10.8 Å². The maximum absolute atomic E-state index is 12.8. The van der Waals surface area contributed by atoms with E-state index in [9.17, 15) is 13.2 Å². The summed E-state index contributed by atoms with van der Waals surface area (Å²) < 4.78 is 32.2. The standard InChI is InChI=1S/C21H27N3O4S/c1-23-13-15-24(16-14-23)29(26,27)20-10-6-18(7-11-20)22-21(25)12-5-17-3-8-19(28-2)9-4-17/h3-4,6-11H,5,12-16H2,1-2H3,(H,22,25)/p+1. The first-order chi connectivity index (χ1) is 13.9. The van der Waals surface area contributed by atoms with E-state index >= 15 is 0 Å². The summed E-state index contributed by atoms with van der Waals surface area (Å²) in [5, 5.41) is 2.82. The van der Waals surface area contributed by atoms with Crippen LogP contribution in [0.4, 0.5) is 5.69 Å². The third-order valence-electron chi connectivity index (χ3n) is 5.15. The van der Waals surface area contributed by atoms with Crippen molar-refractivity contribution in [2.75, 3.05) is 45.7 Å². The molecule has 156 valence electrons. The largest absolute Gasteiger partial charge is 0.497 e. The molecule has 0 radical (unpaired) electrons. The average molecular weight is 419 g/mol. The van der Waals surface area contributed by atoms with Crippen LogP contribution in [0.5, 0.6) is 5.75 Å². The van der Waals surface area contributed by atoms with Crippen molar-refractivity contribution in [3.63, 3.8) is 0 Å². The number of hydrogen-bond donors (Lipinski definition) is 2. The van der Waals surface area contributed by atoms with Gasteiger partial charge in [-0.05, 0) is 48.4 Å². The number of anilines is 1. The van der Waals surface area contributed by atoms with E-state index < -0.39 is 10.0 Å². The molecule has 1 heterocycles. The second-order valence-corrected chi connectivity index (χ2v) is 9.22. The number of nitrogens with one attached hydrogen (secondary N) is 2. The first-order valence-corrected chi connectivity index (χ1v) is 11.2. The summed E-state index contributed by atoms with van der Waals surface area (Å²) in [6.07, 6.45) is 0.962. The van der Waals surface area contributed by atoms with Gasteiger partial charge in [-0.25, -0.2) is 8.42 Å². The lowest BCUT2D eigenvalue weighted by Crippen LogP contribution is -3.12. The summed E-state index contributed by atoms with van der Waals surface area (Å²) in [5.41, 5.74) is 1.64. The monoisotopic (exact) mass is 418 g/mol. The van der Waals surface area contributed by atoms with E-state index in [1.807, 2.05) is 24.3 Å². The van der Waals surface area contributed by atoms with E-state index in [1.54, 1.807) is 31.4 Å². The fraction of sp³-hybridized carbons (Fsp3) is 0.381. The first-order valence-electron chi connectivity index (χ1n) is 9.73. The number of aryl methyl sites for hydroxylation is 1. The number of amides is 1. The maximum Gasteiger partial charge on any atom is 0.243 e. The van der Waals surface area contributed by atoms with Crippen molar-refractivity contribution in [2.24, 2.45) is 0 Å². The molecule has 8 heteroatoms. The maximum atomic E-state index is 12.8. The molecule has 2 aromatic rings. The number of carbonyl (C=O) groups excluding carboxylic acids is 1. The predicted molar refractivity (Wildman–Crippen MR) is 112 cm³/mol. The lowest BCUT2D eigenvalue weighted by atomic mass is 10.1. The second-order valence-electron chi connectivity index (χ2n) is 7.28. The summed E-state index contributed by atoms with van der Waals surface area (Å²) >= 11 is 0. The van der Waals surface area contributed by atoms with Crippen LogP contribution in [0.2, 0.25) is 0 Å². The van der Waals surface area contributed by atoms with Gasteiger partial charge in [-0.1, -0.05) is 12.1 Å². The van der Waals surface area contributed by atoms with Gasteiger partial charge in [0.25, 0.3) is 0 Å². The molecule has 1 saturated heterocycles. The molecule has 29 heavy (non-hydrogen) atoms. The van der Waals surface area contributed by atoms with Crippen LogP contribution in [-0.2, 0) is 21.2 Å². The van der Waals surface area contributed by atoms with Gasteiger partial charge in [-0.2, -0.15) is 4.31 Å². The molecule has 7 nitrogen and oxygen atoms in total. The molecule has 0 atom stereocenters. The Balaban J connectivity index is 1.54. The van der Waals surface area contributed by atoms with Crippen molar-refractivity contribution in [3.8, 4) is 5.75 Å². The number of piperazine rings is 1. The smallest absolute Gasteiger partial charge is 0.243 e. The summed E-state index contributed by atoms with van der Waals surface area (Å²) in [5.74, 6) is 0.671. The van der Waals surface area contributed by atoms with Crippen molar-refractivity contribution < 1.29 is 22.8 Å². The Labute approximate surface area is 172 Å². The number of methoxy groups -OCH3 is 1. The molecule has 0 unspecified atom stereocenters. The van der Waals surface area contributed by atoms with E-state index in [2.05, 4.69) is 12.4 Å². The molecule has 2 aromatic carbocycles. The summed E-state index contributed by atoms with van der Waals surface area (Å²) in [6, 6.07) is 14.0. The minimum Gasteiger partial charge on any atom is -0.497 e. The number of benzene rings is 2. The Morgan fingerprint density at radius 1 is 1.07 bits per heavy atom. The number of likely N-dealkylation sites (N-methyl/N-ethyl adjacent to an activating group) is 1. The van der Waals surface area contributed by atoms with Gasteiger partial charge in [0.15, 0.2) is 0 Å². The molecule has 1 aliphatic rings. The highest BCUT2D eigenvalue weighted by atomic mass is 32.2. The van der Waals surface area contributed by atoms with Crippen molar-refractivity contribution in [1.29, 1.82) is 0 Å². The molecule has 0 spiro atoms. The van der Waals surface area contributed by atoms with Gasteiger partial charge >= 0.3 is 0 Å². The number of sulfonamides is 1. The first kappa shape index (κ1) is 21.3. The Morgan fingerprint density at radius 3 is 2.28 bits per heavy atom. The zero-order valence-electron chi connectivity index (χ0n) is 16.8. The molecule has 1 amide bonds. The third kappa shape index (κ3) is 5.56. The fourth-order valence-electron chi connectivity index (χ4n) is 3.24. The van der Waals surface area contributed by atoms with Crippen LogP contribution in [0.3, 0.4) is 0 Å². The quantitative estimate of drug-likeness (QED) is 0.697. The molecule has 3 rings (SSSR count). The zero-order valence-corrected chi connectivity index (χ0v) is 17.7. The lowest BCUT2D eigenvalue weighted by Gasteiger charge is -2.29. The number of rotatable bonds is 7. The highest BCUT2D eigenvalue weighted by Gasteiger charge is 2.28.